The van der Waals surface area contributed by atoms with Crippen molar-refractivity contribution in [1.29, 1.82) is 0 Å². The van der Waals surface area contributed by atoms with E-state index in [2.05, 4.69) is 133 Å². The van der Waals surface area contributed by atoms with Crippen LogP contribution < -0.4 is 0 Å². The summed E-state index contributed by atoms with van der Waals surface area (Å²) in [4.78, 5) is 0. The highest BCUT2D eigenvalue weighted by molar-refractivity contribution is 7.26. The molecular formula is C42H24OS. The van der Waals surface area contributed by atoms with Gasteiger partial charge in [0.05, 0.1) is 0 Å². The van der Waals surface area contributed by atoms with Crippen LogP contribution in [0.2, 0.25) is 0 Å². The molecule has 8 aromatic carbocycles. The highest BCUT2D eigenvalue weighted by Crippen LogP contribution is 2.47. The van der Waals surface area contributed by atoms with Gasteiger partial charge in [-0.05, 0) is 73.5 Å². The Balaban J connectivity index is 1.31. The SMILES string of the molecule is c1ccc2c(c1)oc1ccc(-c3c4ccccc4c(-c4cccc5c4ccc4c6ccccc6sc54)c4ccccc34)cc12. The zero-order valence-corrected chi connectivity index (χ0v) is 24.5. The molecule has 0 aliphatic carbocycles. The van der Waals surface area contributed by atoms with Crippen LogP contribution in [0.1, 0.15) is 0 Å². The zero-order valence-electron chi connectivity index (χ0n) is 23.7. The van der Waals surface area contributed by atoms with E-state index in [1.807, 2.05) is 23.5 Å². The molecule has 0 radical (unpaired) electrons. The highest BCUT2D eigenvalue weighted by Gasteiger charge is 2.19. The molecule has 2 aromatic heterocycles. The summed E-state index contributed by atoms with van der Waals surface area (Å²) in [6.07, 6.45) is 0. The number of thiophene rings is 1. The molecule has 44 heavy (non-hydrogen) atoms. The Labute approximate surface area is 257 Å². The molecule has 0 atom stereocenters. The van der Waals surface area contributed by atoms with Crippen molar-refractivity contribution in [2.45, 2.75) is 0 Å². The van der Waals surface area contributed by atoms with E-state index >= 15 is 0 Å². The van der Waals surface area contributed by atoms with Crippen molar-refractivity contribution < 1.29 is 4.42 Å². The second kappa shape index (κ2) is 9.03. The number of hydrogen-bond acceptors (Lipinski definition) is 2. The molecule has 0 saturated heterocycles. The number of benzene rings is 8. The second-order valence-corrected chi connectivity index (χ2v) is 12.6. The summed E-state index contributed by atoms with van der Waals surface area (Å²) >= 11 is 1.90. The minimum absolute atomic E-state index is 0.920. The van der Waals surface area contributed by atoms with E-state index in [-0.39, 0.29) is 0 Å². The van der Waals surface area contributed by atoms with Gasteiger partial charge in [-0.15, -0.1) is 11.3 Å². The first kappa shape index (κ1) is 24.0. The van der Waals surface area contributed by atoms with E-state index in [9.17, 15) is 0 Å². The van der Waals surface area contributed by atoms with Gasteiger partial charge in [0.2, 0.25) is 0 Å². The summed E-state index contributed by atoms with van der Waals surface area (Å²) in [5.74, 6) is 0. The minimum atomic E-state index is 0.920. The molecule has 10 aromatic rings. The molecule has 0 bridgehead atoms. The van der Waals surface area contributed by atoms with Crippen molar-refractivity contribution in [1.82, 2.24) is 0 Å². The maximum absolute atomic E-state index is 6.19. The molecule has 0 aliphatic heterocycles. The fourth-order valence-corrected chi connectivity index (χ4v) is 8.60. The van der Waals surface area contributed by atoms with Crippen LogP contribution in [0.3, 0.4) is 0 Å². The predicted octanol–water partition coefficient (Wildman–Crippen LogP) is 12.7. The molecule has 0 N–H and O–H groups in total. The first-order valence-electron chi connectivity index (χ1n) is 15.0. The Morgan fingerprint density at radius 2 is 0.932 bits per heavy atom. The van der Waals surface area contributed by atoms with Crippen LogP contribution in [0.15, 0.2) is 150 Å². The number of fused-ring (bicyclic) bond motifs is 10. The third kappa shape index (κ3) is 3.29. The molecular weight excluding hydrogens is 553 g/mol. The molecule has 0 amide bonds. The van der Waals surface area contributed by atoms with E-state index in [4.69, 9.17) is 4.42 Å². The number of furan rings is 1. The zero-order chi connectivity index (χ0) is 28.8. The summed E-state index contributed by atoms with van der Waals surface area (Å²) in [5, 5.41) is 12.6. The molecule has 10 rings (SSSR count). The standard InChI is InChI=1S/C42H24OS/c1-3-14-32-30(12-1)40(25-20-23-38-36(24-25)27-10-5-7-18-37(27)43-38)31-13-2-4-15-33(31)41(32)29-16-9-17-34-26(29)21-22-35-28-11-6-8-19-39(28)44-42(34)35/h1-24H. The highest BCUT2D eigenvalue weighted by atomic mass is 32.1. The predicted molar refractivity (Wildman–Crippen MR) is 190 cm³/mol. The Morgan fingerprint density at radius 1 is 0.364 bits per heavy atom. The Bertz CT molecular complexity index is 2720. The van der Waals surface area contributed by atoms with Crippen LogP contribution in [0, 0.1) is 0 Å². The minimum Gasteiger partial charge on any atom is -0.456 e. The van der Waals surface area contributed by atoms with Crippen LogP contribution >= 0.6 is 11.3 Å². The molecule has 2 heteroatoms. The summed E-state index contributed by atoms with van der Waals surface area (Å²) in [7, 11) is 0. The molecule has 0 aliphatic rings. The first-order chi connectivity index (χ1) is 21.8. The van der Waals surface area contributed by atoms with Crippen LogP contribution in [0.25, 0.3) is 96.7 Å². The fourth-order valence-electron chi connectivity index (χ4n) is 7.37. The lowest BCUT2D eigenvalue weighted by Crippen LogP contribution is -1.91. The largest absolute Gasteiger partial charge is 0.456 e. The average molecular weight is 577 g/mol. The quantitative estimate of drug-likeness (QED) is 0.187. The van der Waals surface area contributed by atoms with E-state index in [0.717, 1.165) is 21.9 Å². The fraction of sp³-hybridized carbons (Fsp3) is 0. The van der Waals surface area contributed by atoms with Crippen LogP contribution in [-0.4, -0.2) is 0 Å². The van der Waals surface area contributed by atoms with Crippen molar-refractivity contribution in [3.63, 3.8) is 0 Å². The molecule has 204 valence electrons. The van der Waals surface area contributed by atoms with Crippen molar-refractivity contribution in [2.75, 3.05) is 0 Å². The summed E-state index contributed by atoms with van der Waals surface area (Å²) < 4.78 is 8.88. The Kier molecular flexibility index (Phi) is 4.94. The third-order valence-corrected chi connectivity index (χ3v) is 10.5. The summed E-state index contributed by atoms with van der Waals surface area (Å²) in [5.41, 5.74) is 6.88. The molecule has 0 saturated carbocycles. The first-order valence-corrected chi connectivity index (χ1v) is 15.8. The van der Waals surface area contributed by atoms with Gasteiger partial charge in [0.1, 0.15) is 11.2 Å². The topological polar surface area (TPSA) is 13.1 Å². The van der Waals surface area contributed by atoms with Crippen molar-refractivity contribution in [2.24, 2.45) is 0 Å². The van der Waals surface area contributed by atoms with E-state index in [1.54, 1.807) is 0 Å². The lowest BCUT2D eigenvalue weighted by atomic mass is 9.84. The number of hydrogen-bond donors (Lipinski definition) is 0. The van der Waals surface area contributed by atoms with Gasteiger partial charge in [-0.3, -0.25) is 0 Å². The van der Waals surface area contributed by atoms with Gasteiger partial charge in [-0.2, -0.15) is 0 Å². The Morgan fingerprint density at radius 3 is 1.70 bits per heavy atom. The number of para-hydroxylation sites is 1. The van der Waals surface area contributed by atoms with Crippen molar-refractivity contribution in [3.05, 3.63) is 146 Å². The van der Waals surface area contributed by atoms with E-state index < -0.39 is 0 Å². The van der Waals surface area contributed by atoms with Gasteiger partial charge in [-0.25, -0.2) is 0 Å². The van der Waals surface area contributed by atoms with Gasteiger partial charge in [0.15, 0.2) is 0 Å². The second-order valence-electron chi connectivity index (χ2n) is 11.6. The molecule has 0 fully saturated rings. The van der Waals surface area contributed by atoms with Gasteiger partial charge in [0, 0.05) is 36.3 Å². The van der Waals surface area contributed by atoms with Crippen molar-refractivity contribution >= 4 is 85.8 Å². The van der Waals surface area contributed by atoms with Gasteiger partial charge >= 0.3 is 0 Å². The molecule has 0 unspecified atom stereocenters. The average Bonchev–Trinajstić information content (AvgIpc) is 3.65. The Hall–Kier alpha value is -5.44. The van der Waals surface area contributed by atoms with Crippen molar-refractivity contribution in [3.8, 4) is 22.3 Å². The van der Waals surface area contributed by atoms with Crippen LogP contribution in [-0.2, 0) is 0 Å². The lowest BCUT2D eigenvalue weighted by molar-refractivity contribution is 0.669. The smallest absolute Gasteiger partial charge is 0.135 e. The normalized spacial score (nSPS) is 12.1. The number of rotatable bonds is 2. The maximum Gasteiger partial charge on any atom is 0.135 e. The van der Waals surface area contributed by atoms with Gasteiger partial charge in [0.25, 0.3) is 0 Å². The molecule has 2 heterocycles. The van der Waals surface area contributed by atoms with E-state index in [0.29, 0.717) is 0 Å². The maximum atomic E-state index is 6.19. The van der Waals surface area contributed by atoms with Gasteiger partial charge < -0.3 is 4.42 Å². The molecule has 1 nitrogen and oxygen atoms in total. The lowest BCUT2D eigenvalue weighted by Gasteiger charge is -2.19. The monoisotopic (exact) mass is 576 g/mol. The summed E-state index contributed by atoms with van der Waals surface area (Å²) in [6.45, 7) is 0. The van der Waals surface area contributed by atoms with Crippen LogP contribution in [0.5, 0.6) is 0 Å². The van der Waals surface area contributed by atoms with E-state index in [1.165, 1.54) is 74.7 Å². The van der Waals surface area contributed by atoms with Crippen LogP contribution in [0.4, 0.5) is 0 Å². The van der Waals surface area contributed by atoms with Gasteiger partial charge in [-0.1, -0.05) is 121 Å². The third-order valence-electron chi connectivity index (χ3n) is 9.27. The molecule has 0 spiro atoms. The summed E-state index contributed by atoms with van der Waals surface area (Å²) in [6, 6.07) is 53.1.